The Labute approximate surface area is 137 Å². The third-order valence-corrected chi connectivity index (χ3v) is 4.38. The van der Waals surface area contributed by atoms with E-state index in [9.17, 15) is 0 Å². The van der Waals surface area contributed by atoms with Gasteiger partial charge in [-0.15, -0.1) is 5.10 Å². The Morgan fingerprint density at radius 3 is 2.35 bits per heavy atom. The number of rotatable bonds is 4. The quantitative estimate of drug-likeness (QED) is 0.863. The first-order valence-electron chi connectivity index (χ1n) is 8.07. The van der Waals surface area contributed by atoms with Crippen molar-refractivity contribution in [2.75, 3.05) is 45.3 Å². The maximum absolute atomic E-state index is 5.43. The number of nitrogens with zero attached hydrogens (tertiary/aromatic N) is 5. The lowest BCUT2D eigenvalue weighted by molar-refractivity contribution is 0.0198. The molecule has 2 aromatic rings. The van der Waals surface area contributed by atoms with Gasteiger partial charge in [-0.05, 0) is 12.5 Å². The van der Waals surface area contributed by atoms with Crippen molar-refractivity contribution in [1.29, 1.82) is 0 Å². The van der Waals surface area contributed by atoms with E-state index in [0.29, 0.717) is 6.04 Å². The molecule has 1 aliphatic heterocycles. The summed E-state index contributed by atoms with van der Waals surface area (Å²) in [6, 6.07) is 8.99. The van der Waals surface area contributed by atoms with E-state index in [0.717, 1.165) is 43.6 Å². The molecule has 0 unspecified atom stereocenters. The van der Waals surface area contributed by atoms with Crippen LogP contribution in [0.1, 0.15) is 18.5 Å². The summed E-state index contributed by atoms with van der Waals surface area (Å²) < 4.78 is 7.24. The molecule has 6 heteroatoms. The fourth-order valence-corrected chi connectivity index (χ4v) is 2.97. The molecule has 1 aliphatic rings. The molecule has 1 aromatic carbocycles. The van der Waals surface area contributed by atoms with Crippen molar-refractivity contribution in [2.24, 2.45) is 7.05 Å². The summed E-state index contributed by atoms with van der Waals surface area (Å²) in [5.74, 6) is 1.62. The van der Waals surface area contributed by atoms with Crippen molar-refractivity contribution < 1.29 is 4.74 Å². The highest BCUT2D eigenvalue weighted by atomic mass is 16.5. The topological polar surface area (TPSA) is 46.4 Å². The second kappa shape index (κ2) is 6.68. The minimum Gasteiger partial charge on any atom is -0.379 e. The molecule has 124 valence electrons. The number of anilines is 1. The molecule has 0 saturated carbocycles. The van der Waals surface area contributed by atoms with Gasteiger partial charge in [-0.2, -0.15) is 4.98 Å². The van der Waals surface area contributed by atoms with Crippen LogP contribution >= 0.6 is 0 Å². The second-order valence-corrected chi connectivity index (χ2v) is 6.20. The van der Waals surface area contributed by atoms with Crippen molar-refractivity contribution in [3.05, 3.63) is 29.8 Å². The molecule has 0 radical (unpaired) electrons. The van der Waals surface area contributed by atoms with Crippen LogP contribution < -0.4 is 4.90 Å². The van der Waals surface area contributed by atoms with E-state index in [1.807, 2.05) is 26.0 Å². The first-order chi connectivity index (χ1) is 11.1. The number of hydrogen-bond donors (Lipinski definition) is 0. The fourth-order valence-electron chi connectivity index (χ4n) is 2.97. The van der Waals surface area contributed by atoms with Gasteiger partial charge < -0.3 is 9.64 Å². The monoisotopic (exact) mass is 315 g/mol. The summed E-state index contributed by atoms with van der Waals surface area (Å²) >= 11 is 0. The summed E-state index contributed by atoms with van der Waals surface area (Å²) in [6.45, 7) is 5.90. The van der Waals surface area contributed by atoms with Crippen molar-refractivity contribution in [1.82, 2.24) is 19.7 Å². The van der Waals surface area contributed by atoms with Crippen LogP contribution in [0.2, 0.25) is 0 Å². The first-order valence-corrected chi connectivity index (χ1v) is 8.07. The molecule has 2 heterocycles. The van der Waals surface area contributed by atoms with Crippen LogP contribution in [0.4, 0.5) is 5.95 Å². The molecule has 0 amide bonds. The number of hydrogen-bond acceptors (Lipinski definition) is 5. The highest BCUT2D eigenvalue weighted by Crippen LogP contribution is 2.24. The first kappa shape index (κ1) is 16.0. The highest BCUT2D eigenvalue weighted by molar-refractivity contribution is 5.57. The lowest BCUT2D eigenvalue weighted by atomic mass is 10.0. The Morgan fingerprint density at radius 2 is 1.78 bits per heavy atom. The zero-order chi connectivity index (χ0) is 16.4. The van der Waals surface area contributed by atoms with Gasteiger partial charge in [0.15, 0.2) is 5.82 Å². The van der Waals surface area contributed by atoms with Gasteiger partial charge in [0.25, 0.3) is 0 Å². The molecule has 1 aromatic heterocycles. The van der Waals surface area contributed by atoms with Gasteiger partial charge in [-0.25, -0.2) is 4.68 Å². The molecule has 3 rings (SSSR count). The summed E-state index contributed by atoms with van der Waals surface area (Å²) in [5.41, 5.74) is 2.37. The number of aromatic nitrogens is 3. The summed E-state index contributed by atoms with van der Waals surface area (Å²) in [5, 5.41) is 4.50. The average Bonchev–Trinajstić information content (AvgIpc) is 2.97. The van der Waals surface area contributed by atoms with Gasteiger partial charge in [0.1, 0.15) is 0 Å². The molecule has 0 aliphatic carbocycles. The molecule has 1 saturated heterocycles. The minimum absolute atomic E-state index is 0.405. The van der Waals surface area contributed by atoms with Crippen molar-refractivity contribution in [3.63, 3.8) is 0 Å². The Balaban J connectivity index is 1.77. The average molecular weight is 315 g/mol. The number of benzene rings is 1. The molecule has 1 fully saturated rings. The molecular formula is C17H25N5O. The summed E-state index contributed by atoms with van der Waals surface area (Å²) in [7, 11) is 5.86. The van der Waals surface area contributed by atoms with Gasteiger partial charge in [0.2, 0.25) is 5.95 Å². The Kier molecular flexibility index (Phi) is 4.63. The predicted octanol–water partition coefficient (Wildman–Crippen LogP) is 1.94. The number of aryl methyl sites for hydroxylation is 1. The Bertz CT molecular complexity index is 644. The van der Waals surface area contributed by atoms with E-state index in [4.69, 9.17) is 4.74 Å². The van der Waals surface area contributed by atoms with Crippen molar-refractivity contribution in [2.45, 2.75) is 13.0 Å². The van der Waals surface area contributed by atoms with Gasteiger partial charge in [0.05, 0.1) is 13.2 Å². The Hall–Kier alpha value is -1.92. The molecule has 23 heavy (non-hydrogen) atoms. The standard InChI is InChI=1S/C17H25N5O/c1-13(22-9-11-23-12-10-22)14-5-7-15(8-6-14)16-18-17(20(2)3)21(4)19-16/h5-8,13H,9-12H2,1-4H3/t13-/m1/s1. The van der Waals surface area contributed by atoms with Gasteiger partial charge in [-0.1, -0.05) is 24.3 Å². The lowest BCUT2D eigenvalue weighted by Crippen LogP contribution is -2.37. The number of morpholine rings is 1. The molecule has 6 nitrogen and oxygen atoms in total. The van der Waals surface area contributed by atoms with Crippen LogP contribution in [0.15, 0.2) is 24.3 Å². The van der Waals surface area contributed by atoms with Gasteiger partial charge >= 0.3 is 0 Å². The van der Waals surface area contributed by atoms with E-state index >= 15 is 0 Å². The third-order valence-electron chi connectivity index (χ3n) is 4.38. The number of ether oxygens (including phenoxy) is 1. The molecule has 1 atom stereocenters. The lowest BCUT2D eigenvalue weighted by Gasteiger charge is -2.32. The molecular weight excluding hydrogens is 290 g/mol. The third kappa shape index (κ3) is 3.38. The van der Waals surface area contributed by atoms with Gasteiger partial charge in [0, 0.05) is 45.8 Å². The maximum Gasteiger partial charge on any atom is 0.223 e. The minimum atomic E-state index is 0.405. The fraction of sp³-hybridized carbons (Fsp3) is 0.529. The summed E-state index contributed by atoms with van der Waals surface area (Å²) in [4.78, 5) is 9.02. The Morgan fingerprint density at radius 1 is 1.13 bits per heavy atom. The highest BCUT2D eigenvalue weighted by Gasteiger charge is 2.18. The van der Waals surface area contributed by atoms with Crippen LogP contribution in [-0.2, 0) is 11.8 Å². The van der Waals surface area contributed by atoms with Crippen LogP contribution in [0.25, 0.3) is 11.4 Å². The van der Waals surface area contributed by atoms with Crippen molar-refractivity contribution in [3.8, 4) is 11.4 Å². The predicted molar refractivity (Wildman–Crippen MR) is 91.6 cm³/mol. The zero-order valence-corrected chi connectivity index (χ0v) is 14.4. The molecule has 0 spiro atoms. The van der Waals surface area contributed by atoms with E-state index in [-0.39, 0.29) is 0 Å². The summed E-state index contributed by atoms with van der Waals surface area (Å²) in [6.07, 6.45) is 0. The van der Waals surface area contributed by atoms with E-state index < -0.39 is 0 Å². The molecule has 0 bridgehead atoms. The van der Waals surface area contributed by atoms with E-state index in [2.05, 4.69) is 46.2 Å². The van der Waals surface area contributed by atoms with Crippen molar-refractivity contribution >= 4 is 5.95 Å². The normalized spacial score (nSPS) is 17.2. The van der Waals surface area contributed by atoms with E-state index in [1.54, 1.807) is 4.68 Å². The van der Waals surface area contributed by atoms with Crippen LogP contribution in [0.3, 0.4) is 0 Å². The smallest absolute Gasteiger partial charge is 0.223 e. The zero-order valence-electron chi connectivity index (χ0n) is 14.4. The van der Waals surface area contributed by atoms with Crippen LogP contribution in [-0.4, -0.2) is 60.1 Å². The SMILES string of the molecule is C[C@H](c1ccc(-c2nc(N(C)C)n(C)n2)cc1)N1CCOCC1. The molecule has 0 N–H and O–H groups in total. The maximum atomic E-state index is 5.43. The van der Waals surface area contributed by atoms with E-state index in [1.165, 1.54) is 5.56 Å². The van der Waals surface area contributed by atoms with Crippen LogP contribution in [0.5, 0.6) is 0 Å². The second-order valence-electron chi connectivity index (χ2n) is 6.20. The van der Waals surface area contributed by atoms with Crippen LogP contribution in [0, 0.1) is 0 Å². The van der Waals surface area contributed by atoms with Gasteiger partial charge in [-0.3, -0.25) is 4.90 Å². The largest absolute Gasteiger partial charge is 0.379 e.